The SMILES string of the molecule is C=C(Nc1ccccc1)c1cnn(CC(=O)[C@H]2CC[C@H]3[C@@H]4CC[C@@H]5C[C@](C)(O)CC[C@]5(C)[C@H]4CC[C@]23C)n1.Cc1cc(F)c2nn(CC(=O)[C@H]3CC[C@H]4[C@@H]5CC[C@H]6C[C@](C)(O)CC[C@]6(C)[C@H]5CC[C@]34C)nc2c1.Cc1cc(F)c2nnn(CC(=O)[C@H]3CC[C@H]4[C@@H]5CC[C@H]6C[C@](C)(O)CC[C@]6(C)[C@H]5CC[C@]34C)c2c1. The number of aliphatic hydroxyl groups is 3. The number of carbonyl (C=O) groups is 3. The van der Waals surface area contributed by atoms with Crippen LogP contribution in [0.3, 0.4) is 0 Å². The molecule has 18 rings (SSSR count). The molecule has 12 saturated carbocycles. The third-order valence-corrected chi connectivity index (χ3v) is 34.2. The lowest BCUT2D eigenvalue weighted by atomic mass is 9.44. The molecule has 0 unspecified atom stereocenters. The smallest absolute Gasteiger partial charge is 0.159 e. The molecule has 12 fully saturated rings. The number of aryl methyl sites for hydroxylation is 2. The Morgan fingerprint density at radius 2 is 0.889 bits per heavy atom. The van der Waals surface area contributed by atoms with E-state index in [-0.39, 0.29) is 93.7 Å². The molecule has 4 N–H and O–H groups in total. The maximum atomic E-state index is 14.3. The molecule has 3 aromatic carbocycles. The molecular formula is C90H124F2N10O6. The number of hydrogen-bond donors (Lipinski definition) is 4. The van der Waals surface area contributed by atoms with Crippen molar-refractivity contribution in [3.8, 4) is 0 Å². The fourth-order valence-electron chi connectivity index (χ4n) is 28.4. The van der Waals surface area contributed by atoms with Gasteiger partial charge in [-0.1, -0.05) is 71.5 Å². The molecule has 0 bridgehead atoms. The largest absolute Gasteiger partial charge is 0.390 e. The second-order valence-corrected chi connectivity index (χ2v) is 40.4. The van der Waals surface area contributed by atoms with Gasteiger partial charge in [0.2, 0.25) is 0 Å². The first-order valence-corrected chi connectivity index (χ1v) is 42.3. The van der Waals surface area contributed by atoms with Crippen molar-refractivity contribution in [2.45, 2.75) is 286 Å². The summed E-state index contributed by atoms with van der Waals surface area (Å²) in [5.41, 5.74) is 5.19. The standard InChI is InChI=1S/C32H44N4O2.2C29H40FN3O2/c1-21(34-23-8-6-5-7-9-23)28-19-33-36(35-28)20-29(37)27-13-12-25-24-11-10-22-18-30(2,38)16-17-31(22,3)26(24)14-15-32(25,27)4;1-17-13-23(30)26-24(14-17)33(32-31-26)16-25(34)22-8-7-20-19-6-5-18-15-27(2,35)11-12-28(18,3)21(19)9-10-29(20,22)4;1-17-13-23(30)26-24(14-17)31-33(32-26)16-25(34)22-8-7-20-19-6-5-18-15-27(2,35)11-12-28(18,3)21(19)9-10-29(20,22)4/h5-9,19,22,24-27,34,38H,1,10-18,20H2,2-4H3;2*13-14,18-22,35H,5-12,15-16H2,1-4H3/t22-,24+,25+,26+,27-,30-,31+,32+;2*18-,19-,20-,21-,22+,27+,28-,29-/m100/s1. The number of rotatable bonds is 12. The Kier molecular flexibility index (Phi) is 19.4. The first-order chi connectivity index (χ1) is 51.1. The summed E-state index contributed by atoms with van der Waals surface area (Å²) in [4.78, 5) is 44.0. The van der Waals surface area contributed by atoms with Crippen molar-refractivity contribution in [2.75, 3.05) is 5.32 Å². The maximum absolute atomic E-state index is 14.3. The van der Waals surface area contributed by atoms with Crippen LogP contribution < -0.4 is 5.32 Å². The van der Waals surface area contributed by atoms with Crippen molar-refractivity contribution < 1.29 is 38.5 Å². The first kappa shape index (κ1) is 75.9. The van der Waals surface area contributed by atoms with Gasteiger partial charge in [0, 0.05) is 23.4 Å². The number of aromatic nitrogens is 9. The van der Waals surface area contributed by atoms with E-state index < -0.39 is 16.8 Å². The summed E-state index contributed by atoms with van der Waals surface area (Å²) in [6.07, 6.45) is 31.5. The van der Waals surface area contributed by atoms with Crippen LogP contribution in [0.15, 0.2) is 67.4 Å². The molecule has 0 aliphatic heterocycles. The van der Waals surface area contributed by atoms with Gasteiger partial charge in [0.1, 0.15) is 41.9 Å². The van der Waals surface area contributed by atoms with Crippen molar-refractivity contribution in [2.24, 2.45) is 121 Å². The van der Waals surface area contributed by atoms with Crippen LogP contribution in [-0.4, -0.2) is 94.5 Å². The van der Waals surface area contributed by atoms with Gasteiger partial charge in [-0.15, -0.1) is 10.2 Å². The van der Waals surface area contributed by atoms with Crippen LogP contribution >= 0.6 is 0 Å². The zero-order chi connectivity index (χ0) is 76.2. The Labute approximate surface area is 639 Å². The summed E-state index contributed by atoms with van der Waals surface area (Å²) in [7, 11) is 0. The normalized spacial score (nSPS) is 41.9. The molecule has 0 spiro atoms. The molecule has 108 heavy (non-hydrogen) atoms. The number of Topliss-reactive ketones (excluding diaryl/α,β-unsaturated/α-hetero) is 3. The molecule has 18 heteroatoms. The highest BCUT2D eigenvalue weighted by Gasteiger charge is 2.66. The van der Waals surface area contributed by atoms with E-state index in [0.29, 0.717) is 91.9 Å². The van der Waals surface area contributed by atoms with Crippen molar-refractivity contribution >= 4 is 50.8 Å². The molecule has 0 saturated heterocycles. The number of anilines is 1. The van der Waals surface area contributed by atoms with Gasteiger partial charge < -0.3 is 20.6 Å². The van der Waals surface area contributed by atoms with E-state index in [0.717, 1.165) is 144 Å². The molecule has 12 aliphatic rings. The number of halogens is 2. The topological polar surface area (TPSA) is 216 Å². The average molecular weight is 1480 g/mol. The van der Waals surface area contributed by atoms with Gasteiger partial charge in [0.15, 0.2) is 29.0 Å². The maximum Gasteiger partial charge on any atom is 0.159 e. The summed E-state index contributed by atoms with van der Waals surface area (Å²) in [6.45, 7) is 29.2. The van der Waals surface area contributed by atoms with E-state index in [1.807, 2.05) is 77.1 Å². The lowest BCUT2D eigenvalue weighted by molar-refractivity contribution is -0.151. The fraction of sp³-hybridized carbons (Fsp3) is 0.722. The molecule has 6 aromatic rings. The summed E-state index contributed by atoms with van der Waals surface area (Å²) in [6, 6.07) is 16.5. The van der Waals surface area contributed by atoms with E-state index in [2.05, 4.69) is 84.1 Å². The Morgan fingerprint density at radius 1 is 0.472 bits per heavy atom. The van der Waals surface area contributed by atoms with Crippen LogP contribution in [0.25, 0.3) is 27.8 Å². The molecule has 3 heterocycles. The third-order valence-electron chi connectivity index (χ3n) is 34.2. The van der Waals surface area contributed by atoms with Crippen molar-refractivity contribution in [1.82, 2.24) is 45.0 Å². The first-order valence-electron chi connectivity index (χ1n) is 42.3. The van der Waals surface area contributed by atoms with Gasteiger partial charge in [0.25, 0.3) is 0 Å². The quantitative estimate of drug-likeness (QED) is 0.0898. The predicted octanol–water partition coefficient (Wildman–Crippen LogP) is 18.1. The zero-order valence-electron chi connectivity index (χ0n) is 66.7. The van der Waals surface area contributed by atoms with Crippen LogP contribution in [0.4, 0.5) is 14.5 Å². The molecule has 16 nitrogen and oxygen atoms in total. The number of carbonyl (C=O) groups excluding carboxylic acids is 3. The molecular weight excluding hydrogens is 1360 g/mol. The minimum absolute atomic E-state index is 0.0340. The van der Waals surface area contributed by atoms with Gasteiger partial charge in [-0.3, -0.25) is 14.4 Å². The molecule has 0 radical (unpaired) electrons. The van der Waals surface area contributed by atoms with Gasteiger partial charge in [0.05, 0.1) is 34.2 Å². The summed E-state index contributed by atoms with van der Waals surface area (Å²) in [5.74, 6) is 8.13. The highest BCUT2D eigenvalue weighted by atomic mass is 19.1. The molecule has 24 atom stereocenters. The van der Waals surface area contributed by atoms with E-state index in [1.165, 1.54) is 81.1 Å². The Hall–Kier alpha value is -6.11. The number of fused-ring (bicyclic) bond motifs is 17. The minimum atomic E-state index is -0.502. The van der Waals surface area contributed by atoms with Crippen LogP contribution in [-0.2, 0) is 34.0 Å². The number of hydrogen-bond acceptors (Lipinski definition) is 13. The van der Waals surface area contributed by atoms with Crippen molar-refractivity contribution in [3.05, 3.63) is 95.8 Å². The number of para-hydroxylation sites is 1. The highest BCUT2D eigenvalue weighted by molar-refractivity contribution is 5.85. The number of ketones is 3. The number of benzene rings is 3. The Balaban J connectivity index is 0.000000124. The lowest BCUT2D eigenvalue weighted by Crippen LogP contribution is -2.55. The molecule has 0 amide bonds. The van der Waals surface area contributed by atoms with Gasteiger partial charge in [-0.25, -0.2) is 13.5 Å². The summed E-state index contributed by atoms with van der Waals surface area (Å²) >= 11 is 0. The second-order valence-electron chi connectivity index (χ2n) is 40.4. The van der Waals surface area contributed by atoms with Crippen LogP contribution in [0, 0.1) is 147 Å². The fourth-order valence-corrected chi connectivity index (χ4v) is 28.4. The lowest BCUT2D eigenvalue weighted by Gasteiger charge is -2.61. The van der Waals surface area contributed by atoms with Crippen LogP contribution in [0.2, 0.25) is 0 Å². The Morgan fingerprint density at radius 3 is 1.35 bits per heavy atom. The minimum Gasteiger partial charge on any atom is -0.390 e. The van der Waals surface area contributed by atoms with Crippen molar-refractivity contribution in [3.63, 3.8) is 0 Å². The van der Waals surface area contributed by atoms with Crippen molar-refractivity contribution in [1.29, 1.82) is 0 Å². The van der Waals surface area contributed by atoms with Gasteiger partial charge in [-0.05, 0) is 359 Å². The average Bonchev–Trinajstić information content (AvgIpc) is 1.31. The predicted molar refractivity (Wildman–Crippen MR) is 416 cm³/mol. The number of nitrogens with one attached hydrogen (secondary N) is 1. The van der Waals surface area contributed by atoms with E-state index in [1.54, 1.807) is 15.7 Å². The van der Waals surface area contributed by atoms with E-state index in [4.69, 9.17) is 0 Å². The summed E-state index contributed by atoms with van der Waals surface area (Å²) < 4.78 is 30.2. The highest BCUT2D eigenvalue weighted by Crippen LogP contribution is 2.72. The third kappa shape index (κ3) is 13.2. The van der Waals surface area contributed by atoms with E-state index in [9.17, 15) is 38.5 Å². The second kappa shape index (κ2) is 27.6. The monoisotopic (exact) mass is 1480 g/mol. The Bertz CT molecular complexity index is 4420. The van der Waals surface area contributed by atoms with E-state index >= 15 is 0 Å². The van der Waals surface area contributed by atoms with Crippen LogP contribution in [0.5, 0.6) is 0 Å². The molecule has 12 aliphatic carbocycles. The molecule has 584 valence electrons. The van der Waals surface area contributed by atoms with Gasteiger partial charge >= 0.3 is 0 Å². The van der Waals surface area contributed by atoms with Gasteiger partial charge in [-0.2, -0.15) is 24.9 Å². The molecule has 3 aromatic heterocycles. The number of nitrogens with zero attached hydrogens (tertiary/aromatic N) is 9. The summed E-state index contributed by atoms with van der Waals surface area (Å²) in [5, 5.41) is 61.4. The van der Waals surface area contributed by atoms with Crippen LogP contribution in [0.1, 0.15) is 252 Å². The zero-order valence-corrected chi connectivity index (χ0v) is 66.7.